The molecule has 0 saturated carbocycles. The molecular weight excluding hydrogens is 184 g/mol. The molecule has 2 heteroatoms. The van der Waals surface area contributed by atoms with Crippen LogP contribution in [0.15, 0.2) is 30.6 Å². The summed E-state index contributed by atoms with van der Waals surface area (Å²) < 4.78 is 0. The van der Waals surface area contributed by atoms with E-state index in [9.17, 15) is 0 Å². The fourth-order valence-electron chi connectivity index (χ4n) is 1.77. The van der Waals surface area contributed by atoms with E-state index in [1.807, 2.05) is 12.4 Å². The molecular formula is C13H20N2. The molecule has 1 unspecified atom stereocenters. The number of nitrogens with zero attached hydrogens (tertiary/aromatic N) is 1. The predicted octanol–water partition coefficient (Wildman–Crippen LogP) is 2.87. The predicted molar refractivity (Wildman–Crippen MR) is 64.8 cm³/mol. The van der Waals surface area contributed by atoms with Gasteiger partial charge in [0.05, 0.1) is 6.04 Å². The SMILES string of the molecule is C=C(C)C(NCC)c1ccncc1CC. The zero-order valence-electron chi connectivity index (χ0n) is 9.88. The smallest absolute Gasteiger partial charge is 0.0534 e. The summed E-state index contributed by atoms with van der Waals surface area (Å²) >= 11 is 0. The van der Waals surface area contributed by atoms with Crippen molar-refractivity contribution >= 4 is 0 Å². The normalized spacial score (nSPS) is 12.5. The van der Waals surface area contributed by atoms with Crippen LogP contribution in [0.3, 0.4) is 0 Å². The molecule has 82 valence electrons. The van der Waals surface area contributed by atoms with E-state index in [0.717, 1.165) is 18.5 Å². The van der Waals surface area contributed by atoms with Crippen molar-refractivity contribution in [1.29, 1.82) is 0 Å². The quantitative estimate of drug-likeness (QED) is 0.746. The van der Waals surface area contributed by atoms with E-state index in [1.165, 1.54) is 11.1 Å². The van der Waals surface area contributed by atoms with Crippen molar-refractivity contribution in [3.63, 3.8) is 0 Å². The van der Waals surface area contributed by atoms with Crippen LogP contribution in [-0.2, 0) is 6.42 Å². The van der Waals surface area contributed by atoms with Gasteiger partial charge in [0.2, 0.25) is 0 Å². The fraction of sp³-hybridized carbons (Fsp3) is 0.462. The summed E-state index contributed by atoms with van der Waals surface area (Å²) in [5.41, 5.74) is 3.76. The molecule has 1 heterocycles. The first-order valence-electron chi connectivity index (χ1n) is 5.52. The molecule has 2 nitrogen and oxygen atoms in total. The van der Waals surface area contributed by atoms with E-state index in [-0.39, 0.29) is 6.04 Å². The Balaban J connectivity index is 3.04. The van der Waals surface area contributed by atoms with Gasteiger partial charge in [-0.3, -0.25) is 4.98 Å². The highest BCUT2D eigenvalue weighted by molar-refractivity contribution is 5.32. The first-order chi connectivity index (χ1) is 7.20. The van der Waals surface area contributed by atoms with Gasteiger partial charge in [-0.2, -0.15) is 0 Å². The van der Waals surface area contributed by atoms with Gasteiger partial charge < -0.3 is 5.32 Å². The summed E-state index contributed by atoms with van der Waals surface area (Å²) in [5, 5.41) is 3.45. The van der Waals surface area contributed by atoms with Gasteiger partial charge in [-0.05, 0) is 37.1 Å². The summed E-state index contributed by atoms with van der Waals surface area (Å²) in [6.07, 6.45) is 4.81. The van der Waals surface area contributed by atoms with Crippen LogP contribution in [-0.4, -0.2) is 11.5 Å². The van der Waals surface area contributed by atoms with E-state index >= 15 is 0 Å². The third-order valence-corrected chi connectivity index (χ3v) is 2.53. The summed E-state index contributed by atoms with van der Waals surface area (Å²) in [4.78, 5) is 4.16. The summed E-state index contributed by atoms with van der Waals surface area (Å²) in [7, 11) is 0. The monoisotopic (exact) mass is 204 g/mol. The third-order valence-electron chi connectivity index (χ3n) is 2.53. The minimum Gasteiger partial charge on any atom is -0.307 e. The zero-order valence-corrected chi connectivity index (χ0v) is 9.88. The van der Waals surface area contributed by atoms with Crippen molar-refractivity contribution in [3.05, 3.63) is 41.7 Å². The molecule has 0 fully saturated rings. The van der Waals surface area contributed by atoms with Crippen LogP contribution in [0.5, 0.6) is 0 Å². The minimum atomic E-state index is 0.257. The molecule has 1 aromatic rings. The van der Waals surface area contributed by atoms with Crippen LogP contribution in [0.1, 0.15) is 37.9 Å². The molecule has 0 aliphatic heterocycles. The van der Waals surface area contributed by atoms with Crippen LogP contribution in [0.2, 0.25) is 0 Å². The largest absolute Gasteiger partial charge is 0.307 e. The van der Waals surface area contributed by atoms with Crippen molar-refractivity contribution in [2.45, 2.75) is 33.2 Å². The molecule has 0 aliphatic rings. The van der Waals surface area contributed by atoms with Crippen LogP contribution in [0.4, 0.5) is 0 Å². The molecule has 1 aromatic heterocycles. The molecule has 0 spiro atoms. The second kappa shape index (κ2) is 5.66. The van der Waals surface area contributed by atoms with Crippen molar-refractivity contribution in [2.75, 3.05) is 6.54 Å². The van der Waals surface area contributed by atoms with Crippen molar-refractivity contribution in [3.8, 4) is 0 Å². The molecule has 0 bridgehead atoms. The Bertz CT molecular complexity index is 331. The number of aromatic nitrogens is 1. The topological polar surface area (TPSA) is 24.9 Å². The number of hydrogen-bond donors (Lipinski definition) is 1. The maximum absolute atomic E-state index is 4.16. The number of aryl methyl sites for hydroxylation is 1. The Morgan fingerprint density at radius 1 is 1.53 bits per heavy atom. The summed E-state index contributed by atoms with van der Waals surface area (Å²) in [6.45, 7) is 11.3. The van der Waals surface area contributed by atoms with Gasteiger partial charge in [0.1, 0.15) is 0 Å². The molecule has 0 aromatic carbocycles. The third kappa shape index (κ3) is 2.90. The summed E-state index contributed by atoms with van der Waals surface area (Å²) in [6, 6.07) is 2.34. The van der Waals surface area contributed by atoms with Crippen molar-refractivity contribution < 1.29 is 0 Å². The maximum atomic E-state index is 4.16. The van der Waals surface area contributed by atoms with Crippen LogP contribution in [0, 0.1) is 0 Å². The molecule has 0 amide bonds. The van der Waals surface area contributed by atoms with Gasteiger partial charge in [0.15, 0.2) is 0 Å². The Labute approximate surface area is 92.4 Å². The number of hydrogen-bond acceptors (Lipinski definition) is 2. The average Bonchev–Trinajstić information content (AvgIpc) is 2.25. The maximum Gasteiger partial charge on any atom is 0.0534 e. The van der Waals surface area contributed by atoms with Gasteiger partial charge in [0.25, 0.3) is 0 Å². The van der Waals surface area contributed by atoms with Gasteiger partial charge in [-0.1, -0.05) is 26.0 Å². The van der Waals surface area contributed by atoms with Gasteiger partial charge >= 0.3 is 0 Å². The van der Waals surface area contributed by atoms with E-state index < -0.39 is 0 Å². The molecule has 0 radical (unpaired) electrons. The highest BCUT2D eigenvalue weighted by Gasteiger charge is 2.13. The Hall–Kier alpha value is -1.15. The van der Waals surface area contributed by atoms with E-state index in [1.54, 1.807) is 0 Å². The van der Waals surface area contributed by atoms with Crippen molar-refractivity contribution in [2.24, 2.45) is 0 Å². The number of nitrogens with one attached hydrogen (secondary N) is 1. The fourth-order valence-corrected chi connectivity index (χ4v) is 1.77. The average molecular weight is 204 g/mol. The lowest BCUT2D eigenvalue weighted by Crippen LogP contribution is -2.22. The lowest BCUT2D eigenvalue weighted by atomic mass is 9.96. The van der Waals surface area contributed by atoms with E-state index in [4.69, 9.17) is 0 Å². The van der Waals surface area contributed by atoms with E-state index in [2.05, 4.69) is 43.7 Å². The molecule has 0 aliphatic carbocycles. The van der Waals surface area contributed by atoms with Crippen LogP contribution >= 0.6 is 0 Å². The number of likely N-dealkylation sites (N-methyl/N-ethyl adjacent to an activating group) is 1. The second-order valence-corrected chi connectivity index (χ2v) is 3.77. The van der Waals surface area contributed by atoms with E-state index in [0.29, 0.717) is 0 Å². The Morgan fingerprint density at radius 2 is 2.27 bits per heavy atom. The van der Waals surface area contributed by atoms with Crippen molar-refractivity contribution in [1.82, 2.24) is 10.3 Å². The van der Waals surface area contributed by atoms with Gasteiger partial charge in [-0.25, -0.2) is 0 Å². The number of pyridine rings is 1. The lowest BCUT2D eigenvalue weighted by Gasteiger charge is -2.20. The first kappa shape index (κ1) is 11.9. The van der Waals surface area contributed by atoms with Crippen LogP contribution in [0.25, 0.3) is 0 Å². The molecule has 1 N–H and O–H groups in total. The Morgan fingerprint density at radius 3 is 2.80 bits per heavy atom. The summed E-state index contributed by atoms with van der Waals surface area (Å²) in [5.74, 6) is 0. The van der Waals surface area contributed by atoms with Crippen LogP contribution < -0.4 is 5.32 Å². The highest BCUT2D eigenvalue weighted by atomic mass is 14.9. The molecule has 1 rings (SSSR count). The minimum absolute atomic E-state index is 0.257. The first-order valence-corrected chi connectivity index (χ1v) is 5.52. The standard InChI is InChI=1S/C13H20N2/c1-5-11-9-14-8-7-12(11)13(10(3)4)15-6-2/h7-9,13,15H,3,5-6H2,1-2,4H3. The lowest BCUT2D eigenvalue weighted by molar-refractivity contribution is 0.615. The van der Waals surface area contributed by atoms with Gasteiger partial charge in [-0.15, -0.1) is 0 Å². The highest BCUT2D eigenvalue weighted by Crippen LogP contribution is 2.23. The second-order valence-electron chi connectivity index (χ2n) is 3.77. The molecule has 0 saturated heterocycles. The zero-order chi connectivity index (χ0) is 11.3. The Kier molecular flexibility index (Phi) is 4.50. The molecule has 15 heavy (non-hydrogen) atoms. The number of rotatable bonds is 5. The van der Waals surface area contributed by atoms with Gasteiger partial charge in [0, 0.05) is 12.4 Å². The molecule has 1 atom stereocenters.